The molecule has 0 unspecified atom stereocenters. The average Bonchev–Trinajstić information content (AvgIpc) is 3.35. The first-order chi connectivity index (χ1) is 13.0. The van der Waals surface area contributed by atoms with Gasteiger partial charge >= 0.3 is 4.87 Å². The minimum Gasteiger partial charge on any atom is -0.307 e. The van der Waals surface area contributed by atoms with Crippen LogP contribution in [0.25, 0.3) is 6.08 Å². The highest BCUT2D eigenvalue weighted by Gasteiger charge is 2.66. The Morgan fingerprint density at radius 2 is 1.81 bits per heavy atom. The minimum atomic E-state index is -0.397. The monoisotopic (exact) mass is 400 g/mol. The van der Waals surface area contributed by atoms with Crippen LogP contribution in [-0.4, -0.2) is 22.0 Å². The van der Waals surface area contributed by atoms with Gasteiger partial charge in [0.25, 0.3) is 0 Å². The van der Waals surface area contributed by atoms with Gasteiger partial charge in [-0.2, -0.15) is 0 Å². The number of carbonyl (C=O) groups excluding carboxylic acids is 2. The van der Waals surface area contributed by atoms with Crippen LogP contribution in [-0.2, 0) is 9.59 Å². The number of aromatic nitrogens is 1. The maximum atomic E-state index is 13.2. The molecule has 0 radical (unpaired) electrons. The Morgan fingerprint density at radius 3 is 2.59 bits per heavy atom. The molecule has 2 aliphatic heterocycles. The summed E-state index contributed by atoms with van der Waals surface area (Å²) < 4.78 is 13.2. The zero-order valence-electron chi connectivity index (χ0n) is 13.8. The molecule has 2 aromatic rings. The number of fused-ring (bicyclic) bond motifs is 9. The van der Waals surface area contributed by atoms with Crippen molar-refractivity contribution in [3.8, 4) is 0 Å². The van der Waals surface area contributed by atoms with Crippen LogP contribution >= 0.6 is 23.1 Å². The summed E-state index contributed by atoms with van der Waals surface area (Å²) in [6, 6.07) is 5.51. The van der Waals surface area contributed by atoms with E-state index in [4.69, 9.17) is 0 Å². The number of thioether (sulfide) groups is 1. The van der Waals surface area contributed by atoms with Crippen LogP contribution in [0.5, 0.6) is 0 Å². The predicted octanol–water partition coefficient (Wildman–Crippen LogP) is 2.89. The molecule has 1 aromatic heterocycles. The Bertz CT molecular complexity index is 1100. The summed E-state index contributed by atoms with van der Waals surface area (Å²) in [6.07, 6.45) is 2.89. The standard InChI is InChI=1S/C19H13FN2O3S2/c20-7-1-3-8(4-2-7)22-17(23)13-9-5-11(14(13)18(22)24)15-10(9)6-12-16(27-15)21-19(25)26-12/h1-4,6,9,11,13-15H,5H2,(H,21,25)/t9-,11+,13+,14-,15-/m1/s1. The lowest BCUT2D eigenvalue weighted by Crippen LogP contribution is -2.34. The normalized spacial score (nSPS) is 33.1. The summed E-state index contributed by atoms with van der Waals surface area (Å²) in [6.45, 7) is 0. The number of nitrogens with zero attached hydrogens (tertiary/aromatic N) is 1. The Labute approximate surface area is 161 Å². The number of nitrogens with one attached hydrogen (secondary N) is 1. The van der Waals surface area contributed by atoms with Crippen molar-refractivity contribution in [2.24, 2.45) is 23.7 Å². The van der Waals surface area contributed by atoms with Gasteiger partial charge in [-0.3, -0.25) is 19.3 Å². The first-order valence-electron chi connectivity index (χ1n) is 8.77. The van der Waals surface area contributed by atoms with E-state index in [1.165, 1.54) is 46.1 Å². The van der Waals surface area contributed by atoms with Crippen LogP contribution in [0.15, 0.2) is 39.7 Å². The van der Waals surface area contributed by atoms with Gasteiger partial charge in [0.2, 0.25) is 11.8 Å². The van der Waals surface area contributed by atoms with E-state index in [0.29, 0.717) is 5.69 Å². The second-order valence-electron chi connectivity index (χ2n) is 7.44. The number of carbonyl (C=O) groups is 2. The molecular weight excluding hydrogens is 387 g/mol. The van der Waals surface area contributed by atoms with E-state index in [9.17, 15) is 18.8 Å². The van der Waals surface area contributed by atoms with Crippen LogP contribution in [0, 0.1) is 29.5 Å². The summed E-state index contributed by atoms with van der Waals surface area (Å²) in [5.74, 6) is -1.28. The molecule has 1 aromatic carbocycles. The number of amides is 2. The van der Waals surface area contributed by atoms with Gasteiger partial charge in [0.1, 0.15) is 5.82 Å². The number of hydrogen-bond donors (Lipinski definition) is 1. The third kappa shape index (κ3) is 1.97. The highest BCUT2D eigenvalue weighted by molar-refractivity contribution is 8.00. The predicted molar refractivity (Wildman–Crippen MR) is 100 cm³/mol. The first kappa shape index (κ1) is 15.8. The molecule has 2 aliphatic carbocycles. The molecular formula is C19H13FN2O3S2. The summed E-state index contributed by atoms with van der Waals surface area (Å²) in [7, 11) is 0. The van der Waals surface area contributed by atoms with E-state index in [0.717, 1.165) is 16.3 Å². The molecule has 4 aliphatic rings. The third-order valence-corrected chi connectivity index (χ3v) is 8.63. The number of H-pyrrole nitrogens is 1. The maximum absolute atomic E-state index is 13.2. The molecule has 3 heterocycles. The number of thiazole rings is 1. The summed E-state index contributed by atoms with van der Waals surface area (Å²) >= 11 is 2.80. The lowest BCUT2D eigenvalue weighted by atomic mass is 9.77. The quantitative estimate of drug-likeness (QED) is 0.748. The van der Waals surface area contributed by atoms with E-state index >= 15 is 0 Å². The number of aromatic amines is 1. The summed E-state index contributed by atoms with van der Waals surface area (Å²) in [4.78, 5) is 42.9. The number of anilines is 1. The van der Waals surface area contributed by atoms with Crippen LogP contribution in [0.4, 0.5) is 10.1 Å². The van der Waals surface area contributed by atoms with Gasteiger partial charge in [-0.1, -0.05) is 28.7 Å². The molecule has 2 amide bonds. The SMILES string of the molecule is O=C1[C@@H]2[C@@H]3C[C@H](C4=Cc5sc(=O)[nH]c5S[C@H]43)[C@@H]2C(=O)N1c1ccc(F)cc1. The van der Waals surface area contributed by atoms with Crippen LogP contribution < -0.4 is 9.77 Å². The van der Waals surface area contributed by atoms with Crippen LogP contribution in [0.1, 0.15) is 11.3 Å². The molecule has 3 fully saturated rings. The fourth-order valence-corrected chi connectivity index (χ4v) is 7.70. The molecule has 5 nitrogen and oxygen atoms in total. The second kappa shape index (κ2) is 5.20. The third-order valence-electron chi connectivity index (χ3n) is 6.23. The molecule has 1 N–H and O–H groups in total. The van der Waals surface area contributed by atoms with E-state index in [1.54, 1.807) is 11.8 Å². The molecule has 27 heavy (non-hydrogen) atoms. The fraction of sp³-hybridized carbons (Fsp3) is 0.316. The molecule has 1 saturated heterocycles. The van der Waals surface area contributed by atoms with Crippen molar-refractivity contribution in [2.45, 2.75) is 16.7 Å². The molecule has 5 atom stereocenters. The zero-order chi connectivity index (χ0) is 18.4. The molecule has 6 rings (SSSR count). The van der Waals surface area contributed by atoms with E-state index in [2.05, 4.69) is 11.1 Å². The van der Waals surface area contributed by atoms with Crippen molar-refractivity contribution in [3.63, 3.8) is 0 Å². The number of halogens is 1. The first-order valence-corrected chi connectivity index (χ1v) is 10.5. The van der Waals surface area contributed by atoms with Gasteiger partial charge in [-0.05, 0) is 48.6 Å². The van der Waals surface area contributed by atoms with Crippen molar-refractivity contribution in [2.75, 3.05) is 4.90 Å². The number of imide groups is 1. The Morgan fingerprint density at radius 1 is 1.07 bits per heavy atom. The lowest BCUT2D eigenvalue weighted by molar-refractivity contribution is -0.123. The van der Waals surface area contributed by atoms with Crippen molar-refractivity contribution >= 4 is 46.7 Å². The highest BCUT2D eigenvalue weighted by Crippen LogP contribution is 2.64. The van der Waals surface area contributed by atoms with Gasteiger partial charge in [0.05, 0.1) is 27.4 Å². The van der Waals surface area contributed by atoms with Gasteiger partial charge in [0.15, 0.2) is 0 Å². The van der Waals surface area contributed by atoms with Crippen molar-refractivity contribution < 1.29 is 14.0 Å². The number of hydrogen-bond acceptors (Lipinski definition) is 5. The summed E-state index contributed by atoms with van der Waals surface area (Å²) in [5, 5.41) is 1.01. The number of benzene rings is 1. The number of rotatable bonds is 1. The molecule has 0 spiro atoms. The fourth-order valence-electron chi connectivity index (χ4n) is 5.26. The minimum absolute atomic E-state index is 0.0461. The molecule has 136 valence electrons. The topological polar surface area (TPSA) is 70.2 Å². The van der Waals surface area contributed by atoms with Crippen LogP contribution in [0.3, 0.4) is 0 Å². The Hall–Kier alpha value is -2.19. The summed E-state index contributed by atoms with van der Waals surface area (Å²) in [5.41, 5.74) is 1.63. The van der Waals surface area contributed by atoms with Crippen molar-refractivity contribution in [1.82, 2.24) is 4.98 Å². The van der Waals surface area contributed by atoms with Gasteiger partial charge in [0, 0.05) is 5.25 Å². The second-order valence-corrected chi connectivity index (χ2v) is 9.60. The van der Waals surface area contributed by atoms with Crippen molar-refractivity contribution in [1.29, 1.82) is 0 Å². The zero-order valence-corrected chi connectivity index (χ0v) is 15.5. The van der Waals surface area contributed by atoms with E-state index < -0.39 is 5.82 Å². The van der Waals surface area contributed by atoms with Crippen LogP contribution in [0.2, 0.25) is 0 Å². The van der Waals surface area contributed by atoms with Crippen molar-refractivity contribution in [3.05, 3.63) is 50.2 Å². The van der Waals surface area contributed by atoms with E-state index in [-0.39, 0.29) is 45.6 Å². The molecule has 2 bridgehead atoms. The molecule has 8 heteroatoms. The van der Waals surface area contributed by atoms with Gasteiger partial charge in [-0.25, -0.2) is 4.39 Å². The largest absolute Gasteiger partial charge is 0.307 e. The lowest BCUT2D eigenvalue weighted by Gasteiger charge is -2.32. The Kier molecular flexibility index (Phi) is 3.05. The van der Waals surface area contributed by atoms with Gasteiger partial charge < -0.3 is 4.98 Å². The molecule has 2 saturated carbocycles. The van der Waals surface area contributed by atoms with E-state index in [1.807, 2.05) is 0 Å². The maximum Gasteiger partial charge on any atom is 0.305 e. The average molecular weight is 400 g/mol. The van der Waals surface area contributed by atoms with Gasteiger partial charge in [-0.15, -0.1) is 0 Å². The Balaban J connectivity index is 1.41. The highest BCUT2D eigenvalue weighted by atomic mass is 32.2. The smallest absolute Gasteiger partial charge is 0.305 e.